The van der Waals surface area contributed by atoms with Gasteiger partial charge in [-0.2, -0.15) is 0 Å². The first-order chi connectivity index (χ1) is 10.2. The second kappa shape index (κ2) is 6.59. The monoisotopic (exact) mass is 369 g/mol. The molecule has 0 aliphatic carbocycles. The van der Waals surface area contributed by atoms with Crippen LogP contribution in [0.25, 0.3) is 0 Å². The fourth-order valence-corrected chi connectivity index (χ4v) is 3.05. The molecule has 1 saturated heterocycles. The second-order valence-electron chi connectivity index (χ2n) is 6.69. The van der Waals surface area contributed by atoms with Gasteiger partial charge in [-0.05, 0) is 44.9 Å². The Morgan fingerprint density at radius 3 is 2.73 bits per heavy atom. The number of aliphatic hydroxyl groups is 1. The number of hydrogen-bond acceptors (Lipinski definition) is 3. The molecule has 22 heavy (non-hydrogen) atoms. The van der Waals surface area contributed by atoms with Gasteiger partial charge in [-0.1, -0.05) is 28.1 Å². The van der Waals surface area contributed by atoms with Crippen LogP contribution >= 0.6 is 15.9 Å². The molecule has 0 unspecified atom stereocenters. The largest absolute Gasteiger partial charge is 0.446 e. The summed E-state index contributed by atoms with van der Waals surface area (Å²) in [5, 5.41) is 9.86. The lowest BCUT2D eigenvalue weighted by Crippen LogP contribution is -2.45. The van der Waals surface area contributed by atoms with Gasteiger partial charge in [0.25, 0.3) is 0 Å². The van der Waals surface area contributed by atoms with Gasteiger partial charge >= 0.3 is 6.09 Å². The lowest BCUT2D eigenvalue weighted by atomic mass is 9.97. The predicted octanol–water partition coefficient (Wildman–Crippen LogP) is 4.19. The highest BCUT2D eigenvalue weighted by Crippen LogP contribution is 2.29. The number of ether oxygens (including phenoxy) is 1. The molecule has 1 fully saturated rings. The second-order valence-corrected chi connectivity index (χ2v) is 7.54. The zero-order valence-electron chi connectivity index (χ0n) is 13.6. The number of cyclic esters (lactones) is 1. The van der Waals surface area contributed by atoms with Crippen molar-refractivity contribution in [3.05, 3.63) is 33.8 Å². The van der Waals surface area contributed by atoms with Crippen LogP contribution in [-0.2, 0) is 4.74 Å². The number of hydrogen-bond donors (Lipinski definition) is 1. The van der Waals surface area contributed by atoms with E-state index in [1.807, 2.05) is 26.0 Å². The quantitative estimate of drug-likeness (QED) is 0.865. The number of aryl methyl sites for hydroxylation is 1. The van der Waals surface area contributed by atoms with Crippen molar-refractivity contribution in [2.24, 2.45) is 0 Å². The number of carbonyl (C=O) groups excluding carboxylic acids is 1. The predicted molar refractivity (Wildman–Crippen MR) is 89.8 cm³/mol. The summed E-state index contributed by atoms with van der Waals surface area (Å²) in [5.41, 5.74) is 1.43. The Bertz CT molecular complexity index is 553. The van der Waals surface area contributed by atoms with Gasteiger partial charge in [-0.25, -0.2) is 4.79 Å². The molecule has 2 rings (SSSR count). The summed E-state index contributed by atoms with van der Waals surface area (Å²) < 4.78 is 6.55. The number of amides is 1. The molecule has 1 aliphatic heterocycles. The fraction of sp³-hybridized carbons (Fsp3) is 0.588. The standard InChI is InChI=1S/C17H24BrNO3/c1-11-9-13(5-6-15(11)18)12(2)19-8-7-14(22-16(19)20)10-17(3,4)21/h5-6,9,12,14,21H,7-8,10H2,1-4H3/t12-,14-/m0/s1. The third-order valence-electron chi connectivity index (χ3n) is 4.05. The molecule has 0 aromatic heterocycles. The molecular weight excluding hydrogens is 346 g/mol. The molecule has 1 aromatic carbocycles. The summed E-state index contributed by atoms with van der Waals surface area (Å²) in [7, 11) is 0. The highest BCUT2D eigenvalue weighted by atomic mass is 79.9. The molecule has 1 N–H and O–H groups in total. The van der Waals surface area contributed by atoms with Crippen LogP contribution in [0.15, 0.2) is 22.7 Å². The molecule has 4 nitrogen and oxygen atoms in total. The minimum atomic E-state index is -0.818. The fourth-order valence-electron chi connectivity index (χ4n) is 2.80. The molecule has 5 heteroatoms. The first-order valence-corrected chi connectivity index (χ1v) is 8.42. The highest BCUT2D eigenvalue weighted by Gasteiger charge is 2.33. The lowest BCUT2D eigenvalue weighted by Gasteiger charge is -2.37. The molecule has 0 radical (unpaired) electrons. The van der Waals surface area contributed by atoms with Crippen molar-refractivity contribution in [1.82, 2.24) is 4.90 Å². The topological polar surface area (TPSA) is 49.8 Å². The van der Waals surface area contributed by atoms with Gasteiger partial charge in [0.2, 0.25) is 0 Å². The van der Waals surface area contributed by atoms with Gasteiger partial charge in [0.05, 0.1) is 11.6 Å². The van der Waals surface area contributed by atoms with Gasteiger partial charge < -0.3 is 14.7 Å². The van der Waals surface area contributed by atoms with Crippen molar-refractivity contribution >= 4 is 22.0 Å². The van der Waals surface area contributed by atoms with Crippen molar-refractivity contribution in [2.45, 2.75) is 58.3 Å². The third kappa shape index (κ3) is 4.23. The maximum Gasteiger partial charge on any atom is 0.410 e. The summed E-state index contributed by atoms with van der Waals surface area (Å²) in [6.45, 7) is 8.17. The Balaban J connectivity index is 2.04. The van der Waals surface area contributed by atoms with Gasteiger partial charge in [0.15, 0.2) is 0 Å². The minimum absolute atomic E-state index is 0.0256. The van der Waals surface area contributed by atoms with Crippen LogP contribution < -0.4 is 0 Å². The van der Waals surface area contributed by atoms with E-state index in [1.54, 1.807) is 18.7 Å². The molecule has 0 saturated carbocycles. The average molecular weight is 370 g/mol. The van der Waals surface area contributed by atoms with Crippen LogP contribution in [0.5, 0.6) is 0 Å². The molecule has 0 spiro atoms. The summed E-state index contributed by atoms with van der Waals surface area (Å²) in [6, 6.07) is 6.10. The van der Waals surface area contributed by atoms with E-state index in [1.165, 1.54) is 0 Å². The van der Waals surface area contributed by atoms with E-state index in [4.69, 9.17) is 4.74 Å². The van der Waals surface area contributed by atoms with Crippen LogP contribution in [0.3, 0.4) is 0 Å². The number of benzene rings is 1. The van der Waals surface area contributed by atoms with Gasteiger partial charge in [0.1, 0.15) is 6.10 Å². The Kier molecular flexibility index (Phi) is 5.17. The lowest BCUT2D eigenvalue weighted by molar-refractivity contribution is -0.0309. The summed E-state index contributed by atoms with van der Waals surface area (Å²) in [4.78, 5) is 14.0. The van der Waals surface area contributed by atoms with Gasteiger partial charge in [-0.3, -0.25) is 0 Å². The molecule has 1 aliphatic rings. The van der Waals surface area contributed by atoms with E-state index in [9.17, 15) is 9.90 Å². The maximum absolute atomic E-state index is 12.3. The maximum atomic E-state index is 12.3. The number of nitrogens with zero attached hydrogens (tertiary/aromatic N) is 1. The SMILES string of the molecule is Cc1cc([C@H](C)N2CC[C@@H](CC(C)(C)O)OC2=O)ccc1Br. The van der Waals surface area contributed by atoms with Crippen molar-refractivity contribution in [3.8, 4) is 0 Å². The van der Waals surface area contributed by atoms with Crippen molar-refractivity contribution < 1.29 is 14.6 Å². The van der Waals surface area contributed by atoms with Crippen LogP contribution in [0.4, 0.5) is 4.79 Å². The normalized spacial score (nSPS) is 20.7. The van der Waals surface area contributed by atoms with Crippen molar-refractivity contribution in [3.63, 3.8) is 0 Å². The molecule has 1 amide bonds. The third-order valence-corrected chi connectivity index (χ3v) is 4.94. The average Bonchev–Trinajstić information content (AvgIpc) is 2.39. The van der Waals surface area contributed by atoms with Crippen LogP contribution in [-0.4, -0.2) is 34.3 Å². The zero-order chi connectivity index (χ0) is 16.5. The zero-order valence-corrected chi connectivity index (χ0v) is 15.2. The minimum Gasteiger partial charge on any atom is -0.446 e. The molecule has 1 heterocycles. The van der Waals surface area contributed by atoms with Crippen LogP contribution in [0.2, 0.25) is 0 Å². The molecule has 122 valence electrons. The molecule has 0 bridgehead atoms. The Morgan fingerprint density at radius 2 is 2.18 bits per heavy atom. The number of carbonyl (C=O) groups is 1. The summed E-state index contributed by atoms with van der Waals surface area (Å²) >= 11 is 3.49. The summed E-state index contributed by atoms with van der Waals surface area (Å²) in [6.07, 6.45) is 0.713. The Morgan fingerprint density at radius 1 is 1.50 bits per heavy atom. The van der Waals surface area contributed by atoms with E-state index in [2.05, 4.69) is 22.0 Å². The smallest absolute Gasteiger partial charge is 0.410 e. The van der Waals surface area contributed by atoms with E-state index in [-0.39, 0.29) is 18.2 Å². The van der Waals surface area contributed by atoms with E-state index >= 15 is 0 Å². The molecular formula is C17H24BrNO3. The van der Waals surface area contributed by atoms with Crippen LogP contribution in [0, 0.1) is 6.92 Å². The highest BCUT2D eigenvalue weighted by molar-refractivity contribution is 9.10. The molecule has 1 aromatic rings. The van der Waals surface area contributed by atoms with E-state index < -0.39 is 5.60 Å². The van der Waals surface area contributed by atoms with E-state index in [0.29, 0.717) is 13.0 Å². The first-order valence-electron chi connectivity index (χ1n) is 7.63. The van der Waals surface area contributed by atoms with E-state index in [0.717, 1.165) is 22.0 Å². The Hall–Kier alpha value is -1.07. The van der Waals surface area contributed by atoms with Crippen LogP contribution in [0.1, 0.15) is 50.8 Å². The first kappa shape index (κ1) is 17.3. The molecule has 2 atom stereocenters. The van der Waals surface area contributed by atoms with Crippen molar-refractivity contribution in [2.75, 3.05) is 6.54 Å². The summed E-state index contributed by atoms with van der Waals surface area (Å²) in [5.74, 6) is 0. The van der Waals surface area contributed by atoms with Gasteiger partial charge in [0, 0.05) is 23.9 Å². The van der Waals surface area contributed by atoms with Gasteiger partial charge in [-0.15, -0.1) is 0 Å². The van der Waals surface area contributed by atoms with Crippen molar-refractivity contribution in [1.29, 1.82) is 0 Å². The number of halogens is 1. The number of rotatable bonds is 4. The Labute approximate surface area is 140 Å².